The average Bonchev–Trinajstić information content (AvgIpc) is 2.77. The Balaban J connectivity index is 4.04. The van der Waals surface area contributed by atoms with Crippen molar-refractivity contribution >= 4 is 17.1 Å². The molecule has 0 amide bonds. The van der Waals surface area contributed by atoms with Crippen LogP contribution in [-0.4, -0.2) is 29.8 Å². The van der Waals surface area contributed by atoms with Crippen molar-refractivity contribution in [1.82, 2.24) is 0 Å². The molecule has 0 bridgehead atoms. The molecule has 0 fully saturated rings. The fourth-order valence-electron chi connectivity index (χ4n) is 4.00. The van der Waals surface area contributed by atoms with Crippen molar-refractivity contribution in [3.63, 3.8) is 0 Å². The summed E-state index contributed by atoms with van der Waals surface area (Å²) >= 11 is 0. The highest BCUT2D eigenvalue weighted by molar-refractivity contribution is 6.84. The van der Waals surface area contributed by atoms with Crippen LogP contribution in [0.15, 0.2) is 24.6 Å². The molecule has 0 saturated heterocycles. The van der Waals surface area contributed by atoms with E-state index in [1.807, 2.05) is 11.4 Å². The Morgan fingerprint density at radius 2 is 1.09 bits per heavy atom. The van der Waals surface area contributed by atoms with Gasteiger partial charge < -0.3 is 13.0 Å². The average molecular weight is 485 g/mol. The second kappa shape index (κ2) is 20.2. The lowest BCUT2D eigenvalue weighted by atomic mass is 10.1. The van der Waals surface area contributed by atoms with Crippen LogP contribution in [0.4, 0.5) is 0 Å². The van der Waals surface area contributed by atoms with E-state index >= 15 is 0 Å². The topological polar surface area (TPSA) is 27.7 Å². The van der Waals surface area contributed by atoms with Crippen LogP contribution in [-0.2, 0) is 13.0 Å². The van der Waals surface area contributed by atoms with Crippen molar-refractivity contribution in [2.24, 2.45) is 0 Å². The predicted molar refractivity (Wildman–Crippen MR) is 146 cm³/mol. The van der Waals surface area contributed by atoms with Gasteiger partial charge in [-0.05, 0) is 32.9 Å². The highest BCUT2D eigenvalue weighted by atomic mass is 28.5. The van der Waals surface area contributed by atoms with Gasteiger partial charge in [-0.15, -0.1) is 13.2 Å². The van der Waals surface area contributed by atoms with Gasteiger partial charge in [-0.3, -0.25) is 0 Å². The molecule has 0 N–H and O–H groups in total. The molecule has 0 saturated carbocycles. The van der Waals surface area contributed by atoms with Crippen molar-refractivity contribution in [2.45, 2.75) is 143 Å². The number of hydrogen-bond donors (Lipinski definition) is 0. The Labute approximate surface area is 203 Å². The molecule has 0 radical (unpaired) electrons. The first kappa shape index (κ1) is 31.8. The zero-order valence-electron chi connectivity index (χ0n) is 22.4. The van der Waals surface area contributed by atoms with Gasteiger partial charge in [-0.1, -0.05) is 115 Å². The normalized spacial score (nSPS) is 16.3. The molecule has 0 aliphatic carbocycles. The largest absolute Gasteiger partial charge is 0.409 e. The Hall–Kier alpha value is -0.206. The summed E-state index contributed by atoms with van der Waals surface area (Å²) in [5.41, 5.74) is 3.79. The summed E-state index contributed by atoms with van der Waals surface area (Å²) in [6.07, 6.45) is 21.2. The molecular formula is C27H56O3Si2. The standard InChI is InChI=1S/C27H56O3Si2/c1-8-12-14-15-16-17-18-19-20-21-22-24-26-28-31(6,10-3)30-32(7,11-4)29-27(5)25-23-13-9-2/h10-11,27H,3-4,8-9,12-26H2,1-2,5-7H3. The van der Waals surface area contributed by atoms with Crippen molar-refractivity contribution < 1.29 is 13.0 Å². The van der Waals surface area contributed by atoms with Gasteiger partial charge in [0.2, 0.25) is 0 Å². The fourth-order valence-corrected chi connectivity index (χ4v) is 10.00. The van der Waals surface area contributed by atoms with Gasteiger partial charge in [-0.25, -0.2) is 0 Å². The van der Waals surface area contributed by atoms with E-state index in [4.69, 9.17) is 13.0 Å². The van der Waals surface area contributed by atoms with E-state index in [0.29, 0.717) is 0 Å². The van der Waals surface area contributed by atoms with Gasteiger partial charge in [0.05, 0.1) is 0 Å². The van der Waals surface area contributed by atoms with Gasteiger partial charge in [0.1, 0.15) is 0 Å². The van der Waals surface area contributed by atoms with E-state index in [0.717, 1.165) is 19.4 Å². The highest BCUT2D eigenvalue weighted by Gasteiger charge is 2.40. The van der Waals surface area contributed by atoms with E-state index in [-0.39, 0.29) is 6.10 Å². The Morgan fingerprint density at radius 1 is 0.656 bits per heavy atom. The van der Waals surface area contributed by atoms with E-state index in [1.165, 1.54) is 89.9 Å². The third-order valence-electron chi connectivity index (χ3n) is 6.18. The summed E-state index contributed by atoms with van der Waals surface area (Å²) < 4.78 is 19.1. The zero-order chi connectivity index (χ0) is 24.1. The highest BCUT2D eigenvalue weighted by Crippen LogP contribution is 2.22. The Kier molecular flexibility index (Phi) is 20.1. The first-order valence-corrected chi connectivity index (χ1v) is 18.4. The minimum Gasteiger partial charge on any atom is -0.409 e. The van der Waals surface area contributed by atoms with Crippen LogP contribution >= 0.6 is 0 Å². The molecule has 3 unspecified atom stereocenters. The van der Waals surface area contributed by atoms with Crippen LogP contribution in [0, 0.1) is 0 Å². The molecule has 0 aromatic heterocycles. The summed E-state index contributed by atoms with van der Waals surface area (Å²) in [5.74, 6) is 0. The van der Waals surface area contributed by atoms with Crippen LogP contribution in [0.2, 0.25) is 13.1 Å². The maximum absolute atomic E-state index is 6.51. The molecule has 0 aromatic carbocycles. The molecule has 5 heteroatoms. The third kappa shape index (κ3) is 17.3. The summed E-state index contributed by atoms with van der Waals surface area (Å²) in [6.45, 7) is 19.6. The summed E-state index contributed by atoms with van der Waals surface area (Å²) in [7, 11) is -4.93. The van der Waals surface area contributed by atoms with Crippen LogP contribution in [0.25, 0.3) is 0 Å². The van der Waals surface area contributed by atoms with E-state index in [1.54, 1.807) is 0 Å². The van der Waals surface area contributed by atoms with Crippen molar-refractivity contribution in [2.75, 3.05) is 6.61 Å². The first-order chi connectivity index (χ1) is 15.3. The lowest BCUT2D eigenvalue weighted by Gasteiger charge is -2.35. The van der Waals surface area contributed by atoms with Crippen LogP contribution in [0.1, 0.15) is 124 Å². The first-order valence-electron chi connectivity index (χ1n) is 13.6. The predicted octanol–water partition coefficient (Wildman–Crippen LogP) is 9.30. The quantitative estimate of drug-likeness (QED) is 0.101. The molecule has 0 aliphatic heterocycles. The van der Waals surface area contributed by atoms with E-state index in [9.17, 15) is 0 Å². The molecule has 0 rings (SSSR count). The fraction of sp³-hybridized carbons (Fsp3) is 0.852. The van der Waals surface area contributed by atoms with Crippen molar-refractivity contribution in [1.29, 1.82) is 0 Å². The summed E-state index contributed by atoms with van der Waals surface area (Å²) in [6, 6.07) is 0. The van der Waals surface area contributed by atoms with Gasteiger partial charge in [0.25, 0.3) is 0 Å². The molecule has 32 heavy (non-hydrogen) atoms. The number of unbranched alkanes of at least 4 members (excludes halogenated alkanes) is 13. The van der Waals surface area contributed by atoms with Crippen LogP contribution in [0.3, 0.4) is 0 Å². The van der Waals surface area contributed by atoms with Gasteiger partial charge >= 0.3 is 17.1 Å². The molecule has 3 atom stereocenters. The van der Waals surface area contributed by atoms with Gasteiger partial charge in [0.15, 0.2) is 0 Å². The second-order valence-electron chi connectivity index (χ2n) is 9.70. The van der Waals surface area contributed by atoms with Crippen molar-refractivity contribution in [3.05, 3.63) is 24.6 Å². The Bertz CT molecular complexity index is 460. The van der Waals surface area contributed by atoms with E-state index < -0.39 is 17.1 Å². The summed E-state index contributed by atoms with van der Waals surface area (Å²) in [5, 5.41) is 0. The maximum atomic E-state index is 6.51. The van der Waals surface area contributed by atoms with Crippen molar-refractivity contribution in [3.8, 4) is 0 Å². The molecule has 190 valence electrons. The smallest absolute Gasteiger partial charge is 0.352 e. The third-order valence-corrected chi connectivity index (χ3v) is 12.6. The lowest BCUT2D eigenvalue weighted by molar-refractivity contribution is 0.147. The number of hydrogen-bond acceptors (Lipinski definition) is 3. The van der Waals surface area contributed by atoms with Crippen LogP contribution in [0.5, 0.6) is 0 Å². The molecular weight excluding hydrogens is 428 g/mol. The molecule has 0 aromatic rings. The minimum atomic E-state index is -2.48. The molecule has 0 heterocycles. The van der Waals surface area contributed by atoms with E-state index in [2.05, 4.69) is 47.0 Å². The number of rotatable bonds is 24. The Morgan fingerprint density at radius 3 is 1.56 bits per heavy atom. The monoisotopic (exact) mass is 484 g/mol. The van der Waals surface area contributed by atoms with Crippen LogP contribution < -0.4 is 0 Å². The zero-order valence-corrected chi connectivity index (χ0v) is 24.4. The SMILES string of the molecule is C=C[Si](C)(OCCCCCCCCCCCCCC)O[Si](C)(C=C)OC(C)CCCCC. The maximum Gasteiger partial charge on any atom is 0.352 e. The van der Waals surface area contributed by atoms with Gasteiger partial charge in [-0.2, -0.15) is 0 Å². The van der Waals surface area contributed by atoms with Gasteiger partial charge in [0, 0.05) is 12.7 Å². The summed E-state index contributed by atoms with van der Waals surface area (Å²) in [4.78, 5) is 0. The lowest BCUT2D eigenvalue weighted by Crippen LogP contribution is -2.51. The second-order valence-corrected chi connectivity index (χ2v) is 15.9. The minimum absolute atomic E-state index is 0.190. The molecule has 3 nitrogen and oxygen atoms in total. The molecule has 0 aliphatic rings. The molecule has 0 spiro atoms.